The fourth-order valence-electron chi connectivity index (χ4n) is 0.632. The molecule has 0 aromatic carbocycles. The van der Waals surface area contributed by atoms with Crippen LogP contribution in [0.4, 0.5) is 0 Å². The number of rotatable bonds is 6. The lowest BCUT2D eigenvalue weighted by atomic mass is 10.3. The molecule has 0 bridgehead atoms. The van der Waals surface area contributed by atoms with Gasteiger partial charge in [0.15, 0.2) is 0 Å². The van der Waals surface area contributed by atoms with Gasteiger partial charge in [0.05, 0.1) is 0 Å². The average molecular weight is 208 g/mol. The summed E-state index contributed by atoms with van der Waals surface area (Å²) < 4.78 is 27.6. The molecule has 0 spiro atoms. The van der Waals surface area contributed by atoms with Gasteiger partial charge < -0.3 is 4.74 Å². The molecule has 0 saturated heterocycles. The summed E-state index contributed by atoms with van der Waals surface area (Å²) in [6, 6.07) is 0. The summed E-state index contributed by atoms with van der Waals surface area (Å²) >= 11 is -2.43. The topological polar surface area (TPSA) is 72.8 Å². The standard InChI is InChI=1S/C7H12O5S/c1-3-5-7(12-13(9)10)11-6(8)4-2/h4,7H,2-3,5H2,1H3,(H,9,10). The molecule has 0 heterocycles. The molecule has 0 aliphatic carbocycles. The Morgan fingerprint density at radius 3 is 2.77 bits per heavy atom. The third kappa shape index (κ3) is 6.44. The van der Waals surface area contributed by atoms with Gasteiger partial charge in [0.1, 0.15) is 0 Å². The maximum Gasteiger partial charge on any atom is 0.332 e. The highest BCUT2D eigenvalue weighted by molar-refractivity contribution is 7.74. The fraction of sp³-hybridized carbons (Fsp3) is 0.571. The summed E-state index contributed by atoms with van der Waals surface area (Å²) in [4.78, 5) is 10.7. The first-order chi connectivity index (χ1) is 6.10. The molecule has 0 saturated carbocycles. The van der Waals surface area contributed by atoms with E-state index >= 15 is 0 Å². The molecule has 0 amide bonds. The molecular formula is C7H12O5S. The zero-order chi connectivity index (χ0) is 10.3. The lowest BCUT2D eigenvalue weighted by Gasteiger charge is -2.13. The molecule has 6 heteroatoms. The molecule has 0 aromatic heterocycles. The van der Waals surface area contributed by atoms with Gasteiger partial charge in [0.25, 0.3) is 0 Å². The Balaban J connectivity index is 4.00. The van der Waals surface area contributed by atoms with Gasteiger partial charge in [-0.25, -0.2) is 8.98 Å². The Hall–Kier alpha value is -0.720. The molecule has 1 N–H and O–H groups in total. The lowest BCUT2D eigenvalue weighted by molar-refractivity contribution is -0.157. The Bertz CT molecular complexity index is 203. The van der Waals surface area contributed by atoms with Gasteiger partial charge in [0.2, 0.25) is 6.29 Å². The van der Waals surface area contributed by atoms with E-state index in [2.05, 4.69) is 15.5 Å². The molecule has 2 unspecified atom stereocenters. The highest BCUT2D eigenvalue weighted by atomic mass is 32.2. The van der Waals surface area contributed by atoms with Crippen LogP contribution in [0.5, 0.6) is 0 Å². The first kappa shape index (κ1) is 12.3. The third-order valence-electron chi connectivity index (χ3n) is 1.13. The number of carbonyl (C=O) groups excluding carboxylic acids is 1. The second-order valence-corrected chi connectivity index (χ2v) is 2.80. The van der Waals surface area contributed by atoms with Crippen LogP contribution in [0.2, 0.25) is 0 Å². The summed E-state index contributed by atoms with van der Waals surface area (Å²) in [5.74, 6) is -0.677. The van der Waals surface area contributed by atoms with Crippen molar-refractivity contribution in [3.8, 4) is 0 Å². The largest absolute Gasteiger partial charge is 0.431 e. The predicted octanol–water partition coefficient (Wildman–Crippen LogP) is 0.995. The molecule has 13 heavy (non-hydrogen) atoms. The minimum atomic E-state index is -2.43. The molecule has 0 aliphatic rings. The zero-order valence-electron chi connectivity index (χ0n) is 7.26. The van der Waals surface area contributed by atoms with E-state index in [1.807, 2.05) is 6.92 Å². The summed E-state index contributed by atoms with van der Waals surface area (Å²) in [6.45, 7) is 5.02. The van der Waals surface area contributed by atoms with Crippen molar-refractivity contribution in [2.45, 2.75) is 26.1 Å². The molecular weight excluding hydrogens is 196 g/mol. The van der Waals surface area contributed by atoms with Crippen molar-refractivity contribution in [1.29, 1.82) is 0 Å². The van der Waals surface area contributed by atoms with E-state index in [4.69, 9.17) is 4.55 Å². The maximum absolute atomic E-state index is 10.7. The van der Waals surface area contributed by atoms with Gasteiger partial charge >= 0.3 is 17.3 Å². The second-order valence-electron chi connectivity index (χ2n) is 2.17. The van der Waals surface area contributed by atoms with E-state index in [-0.39, 0.29) is 0 Å². The number of hydrogen-bond acceptors (Lipinski definition) is 4. The van der Waals surface area contributed by atoms with Crippen LogP contribution in [0, 0.1) is 0 Å². The fourth-order valence-corrected chi connectivity index (χ4v) is 0.951. The van der Waals surface area contributed by atoms with E-state index in [1.54, 1.807) is 0 Å². The van der Waals surface area contributed by atoms with Gasteiger partial charge in [-0.15, -0.1) is 0 Å². The molecule has 0 fully saturated rings. The number of esters is 1. The summed E-state index contributed by atoms with van der Waals surface area (Å²) in [5.41, 5.74) is 0. The highest BCUT2D eigenvalue weighted by Gasteiger charge is 2.14. The maximum atomic E-state index is 10.7. The Kier molecular flexibility index (Phi) is 6.38. The Morgan fingerprint density at radius 1 is 1.77 bits per heavy atom. The Morgan fingerprint density at radius 2 is 2.38 bits per heavy atom. The lowest BCUT2D eigenvalue weighted by Crippen LogP contribution is -2.21. The van der Waals surface area contributed by atoms with Crippen LogP contribution >= 0.6 is 0 Å². The van der Waals surface area contributed by atoms with Crippen LogP contribution in [0.25, 0.3) is 0 Å². The highest BCUT2D eigenvalue weighted by Crippen LogP contribution is 2.05. The normalized spacial score (nSPS) is 14.6. The van der Waals surface area contributed by atoms with Gasteiger partial charge in [0, 0.05) is 12.5 Å². The van der Waals surface area contributed by atoms with Crippen molar-refractivity contribution in [3.05, 3.63) is 12.7 Å². The van der Waals surface area contributed by atoms with E-state index in [9.17, 15) is 9.00 Å². The molecule has 0 rings (SSSR count). The van der Waals surface area contributed by atoms with Crippen LogP contribution in [0.15, 0.2) is 12.7 Å². The van der Waals surface area contributed by atoms with E-state index in [1.165, 1.54) is 0 Å². The van der Waals surface area contributed by atoms with Crippen molar-refractivity contribution in [3.63, 3.8) is 0 Å². The van der Waals surface area contributed by atoms with Gasteiger partial charge in [-0.2, -0.15) is 4.21 Å². The first-order valence-electron chi connectivity index (χ1n) is 3.71. The Labute approximate surface area is 79.2 Å². The van der Waals surface area contributed by atoms with Crippen LogP contribution in [0.3, 0.4) is 0 Å². The molecule has 0 aliphatic heterocycles. The van der Waals surface area contributed by atoms with Crippen molar-refractivity contribution in [2.24, 2.45) is 0 Å². The molecule has 76 valence electrons. The summed E-state index contributed by atoms with van der Waals surface area (Å²) in [6.07, 6.45) is 1.02. The predicted molar refractivity (Wildman–Crippen MR) is 46.8 cm³/mol. The van der Waals surface area contributed by atoms with Crippen LogP contribution in [0.1, 0.15) is 19.8 Å². The van der Waals surface area contributed by atoms with Gasteiger partial charge in [-0.1, -0.05) is 19.9 Å². The minimum absolute atomic E-state index is 0.367. The summed E-state index contributed by atoms with van der Waals surface area (Å²) in [7, 11) is 0. The smallest absolute Gasteiger partial charge is 0.332 e. The van der Waals surface area contributed by atoms with Crippen molar-refractivity contribution in [2.75, 3.05) is 0 Å². The third-order valence-corrected chi connectivity index (χ3v) is 1.51. The van der Waals surface area contributed by atoms with E-state index in [0.29, 0.717) is 12.8 Å². The van der Waals surface area contributed by atoms with E-state index < -0.39 is 23.6 Å². The van der Waals surface area contributed by atoms with Crippen molar-refractivity contribution < 1.29 is 22.5 Å². The van der Waals surface area contributed by atoms with Crippen LogP contribution in [-0.4, -0.2) is 21.0 Å². The molecule has 2 atom stereocenters. The number of hydrogen-bond donors (Lipinski definition) is 1. The SMILES string of the molecule is C=CC(=O)OC(CCC)OS(=O)O. The number of ether oxygens (including phenoxy) is 1. The first-order valence-corrected chi connectivity index (χ1v) is 4.74. The summed E-state index contributed by atoms with van der Waals surface area (Å²) in [5, 5.41) is 0. The second kappa shape index (κ2) is 6.76. The van der Waals surface area contributed by atoms with Gasteiger partial charge in [-0.05, 0) is 0 Å². The monoisotopic (exact) mass is 208 g/mol. The van der Waals surface area contributed by atoms with Crippen LogP contribution < -0.4 is 0 Å². The molecule has 5 nitrogen and oxygen atoms in total. The van der Waals surface area contributed by atoms with Crippen molar-refractivity contribution in [1.82, 2.24) is 0 Å². The minimum Gasteiger partial charge on any atom is -0.431 e. The van der Waals surface area contributed by atoms with Crippen molar-refractivity contribution >= 4 is 17.3 Å². The molecule has 0 radical (unpaired) electrons. The van der Waals surface area contributed by atoms with Gasteiger partial charge in [-0.3, -0.25) is 4.55 Å². The average Bonchev–Trinajstić information content (AvgIpc) is 2.03. The zero-order valence-corrected chi connectivity index (χ0v) is 8.08. The quantitative estimate of drug-likeness (QED) is 0.305. The van der Waals surface area contributed by atoms with Crippen LogP contribution in [-0.2, 0) is 25.1 Å². The molecule has 0 aromatic rings. The van der Waals surface area contributed by atoms with E-state index in [0.717, 1.165) is 6.08 Å². The number of carbonyl (C=O) groups is 1.